The number of nitrogens with one attached hydrogen (secondary N) is 2. The molecule has 0 radical (unpaired) electrons. The molecule has 0 fully saturated rings. The van der Waals surface area contributed by atoms with Gasteiger partial charge in [0.25, 0.3) is 0 Å². The smallest absolute Gasteiger partial charge is 0.191 e. The van der Waals surface area contributed by atoms with Crippen LogP contribution in [0.2, 0.25) is 0 Å². The maximum absolute atomic E-state index is 5.36. The number of guanidine groups is 1. The largest absolute Gasteiger partial charge is 0.493 e. The number of rotatable bonds is 10. The number of hydrogen-bond acceptors (Lipinski definition) is 4. The van der Waals surface area contributed by atoms with Crippen LogP contribution < -0.4 is 20.1 Å². The van der Waals surface area contributed by atoms with Crippen LogP contribution in [-0.4, -0.2) is 50.8 Å². The van der Waals surface area contributed by atoms with Gasteiger partial charge in [-0.25, -0.2) is 0 Å². The first-order chi connectivity index (χ1) is 12.0. The van der Waals surface area contributed by atoms with E-state index in [1.54, 1.807) is 14.2 Å². The Balaban J connectivity index is 0.00000625. The molecule has 0 aromatic heterocycles. The van der Waals surface area contributed by atoms with E-state index in [2.05, 4.69) is 48.7 Å². The Hall–Kier alpha value is -0.830. The van der Waals surface area contributed by atoms with Crippen LogP contribution in [-0.2, 0) is 6.42 Å². The van der Waals surface area contributed by atoms with Crippen molar-refractivity contribution < 1.29 is 9.47 Å². The zero-order chi connectivity index (χ0) is 18.7. The number of halogens is 1. The first-order valence-corrected chi connectivity index (χ1v) is 9.96. The topological polar surface area (TPSA) is 54.9 Å². The monoisotopic (exact) mass is 495 g/mol. The number of thioether (sulfide) groups is 1. The molecular weight excluding hydrogens is 461 g/mol. The van der Waals surface area contributed by atoms with Crippen LogP contribution in [0.1, 0.15) is 32.8 Å². The standard InChI is InChI=1S/C19H33N3O2S.HI/c1-7-20-18(22-14-19(2,3)25-6)21-12-8-9-15-10-11-16(23-4)17(13-15)24-5;/h10-11,13H,7-9,12,14H2,1-6H3,(H2,20,21,22);1H. The van der Waals surface area contributed by atoms with Crippen LogP contribution >= 0.6 is 35.7 Å². The van der Waals surface area contributed by atoms with Crippen molar-refractivity contribution in [2.75, 3.05) is 40.1 Å². The van der Waals surface area contributed by atoms with E-state index in [9.17, 15) is 0 Å². The van der Waals surface area contributed by atoms with Crippen molar-refractivity contribution in [2.24, 2.45) is 4.99 Å². The van der Waals surface area contributed by atoms with Crippen molar-refractivity contribution in [3.05, 3.63) is 23.8 Å². The zero-order valence-electron chi connectivity index (χ0n) is 16.8. The number of methoxy groups -OCH3 is 2. The fourth-order valence-electron chi connectivity index (χ4n) is 2.21. The van der Waals surface area contributed by atoms with Gasteiger partial charge in [0, 0.05) is 17.8 Å². The lowest BCUT2D eigenvalue weighted by molar-refractivity contribution is 0.354. The van der Waals surface area contributed by atoms with Crippen LogP contribution in [0.15, 0.2) is 23.2 Å². The summed E-state index contributed by atoms with van der Waals surface area (Å²) in [6, 6.07) is 6.08. The molecule has 0 spiro atoms. The third-order valence-corrected chi connectivity index (χ3v) is 5.13. The summed E-state index contributed by atoms with van der Waals surface area (Å²) < 4.78 is 10.8. The Morgan fingerprint density at radius 1 is 1.15 bits per heavy atom. The number of aryl methyl sites for hydroxylation is 1. The molecule has 0 unspecified atom stereocenters. The average molecular weight is 495 g/mol. The highest BCUT2D eigenvalue weighted by atomic mass is 127. The minimum absolute atomic E-state index is 0. The molecule has 0 bridgehead atoms. The van der Waals surface area contributed by atoms with Crippen molar-refractivity contribution in [1.29, 1.82) is 0 Å². The van der Waals surface area contributed by atoms with Gasteiger partial charge in [0.2, 0.25) is 0 Å². The summed E-state index contributed by atoms with van der Waals surface area (Å²) in [5, 5.41) is 6.72. The first-order valence-electron chi connectivity index (χ1n) is 8.74. The van der Waals surface area contributed by atoms with Gasteiger partial charge < -0.3 is 20.1 Å². The quantitative estimate of drug-likeness (QED) is 0.223. The predicted molar refractivity (Wildman–Crippen MR) is 125 cm³/mol. The fourth-order valence-corrected chi connectivity index (χ4v) is 2.40. The van der Waals surface area contributed by atoms with Gasteiger partial charge in [-0.05, 0) is 57.6 Å². The molecule has 1 rings (SSSR count). The van der Waals surface area contributed by atoms with E-state index in [0.717, 1.165) is 49.9 Å². The average Bonchev–Trinajstić information content (AvgIpc) is 2.62. The van der Waals surface area contributed by atoms with Crippen molar-refractivity contribution in [1.82, 2.24) is 10.6 Å². The molecule has 0 amide bonds. The van der Waals surface area contributed by atoms with Gasteiger partial charge >= 0.3 is 0 Å². The van der Waals surface area contributed by atoms with Crippen LogP contribution in [0.25, 0.3) is 0 Å². The Morgan fingerprint density at radius 3 is 2.42 bits per heavy atom. The first kappa shape index (κ1) is 25.2. The maximum Gasteiger partial charge on any atom is 0.191 e. The summed E-state index contributed by atoms with van der Waals surface area (Å²) in [6.45, 7) is 9.03. The van der Waals surface area contributed by atoms with Crippen molar-refractivity contribution in [2.45, 2.75) is 38.4 Å². The molecule has 0 saturated carbocycles. The molecule has 0 heterocycles. The Labute approximate surface area is 180 Å². The fraction of sp³-hybridized carbons (Fsp3) is 0.632. The van der Waals surface area contributed by atoms with E-state index in [1.807, 2.05) is 23.9 Å². The Morgan fingerprint density at radius 2 is 1.85 bits per heavy atom. The normalized spacial score (nSPS) is 11.5. The highest BCUT2D eigenvalue weighted by molar-refractivity contribution is 14.0. The highest BCUT2D eigenvalue weighted by Gasteiger charge is 2.15. The molecule has 0 saturated heterocycles. The molecule has 0 aliphatic heterocycles. The van der Waals surface area contributed by atoms with Crippen molar-refractivity contribution in [3.63, 3.8) is 0 Å². The number of aliphatic imine (C=N–C) groups is 1. The molecule has 5 nitrogen and oxygen atoms in total. The van der Waals surface area contributed by atoms with Crippen molar-refractivity contribution in [3.8, 4) is 11.5 Å². The number of ether oxygens (including phenoxy) is 2. The molecule has 2 N–H and O–H groups in total. The van der Waals surface area contributed by atoms with Gasteiger partial charge in [-0.2, -0.15) is 11.8 Å². The lowest BCUT2D eigenvalue weighted by atomic mass is 10.1. The lowest BCUT2D eigenvalue weighted by Gasteiger charge is -2.20. The summed E-state index contributed by atoms with van der Waals surface area (Å²) >= 11 is 1.83. The third kappa shape index (κ3) is 9.21. The lowest BCUT2D eigenvalue weighted by Crippen LogP contribution is -2.39. The summed E-state index contributed by atoms with van der Waals surface area (Å²) in [7, 11) is 3.32. The molecular formula is C19H34IN3O2S. The molecule has 7 heteroatoms. The molecule has 1 aromatic rings. The van der Waals surface area contributed by atoms with Crippen LogP contribution in [0.5, 0.6) is 11.5 Å². The van der Waals surface area contributed by atoms with Gasteiger partial charge in [0.15, 0.2) is 17.5 Å². The molecule has 0 atom stereocenters. The third-order valence-electron chi connectivity index (χ3n) is 3.90. The SMILES string of the molecule is CCNC(=NCC(C)(C)SC)NCCCc1ccc(OC)c(OC)c1.I. The molecule has 0 aliphatic carbocycles. The van der Waals surface area contributed by atoms with E-state index in [-0.39, 0.29) is 28.7 Å². The number of nitrogens with zero attached hydrogens (tertiary/aromatic N) is 1. The number of benzene rings is 1. The van der Waals surface area contributed by atoms with Crippen LogP contribution in [0, 0.1) is 0 Å². The zero-order valence-corrected chi connectivity index (χ0v) is 20.0. The summed E-state index contributed by atoms with van der Waals surface area (Å²) in [5.74, 6) is 2.43. The predicted octanol–water partition coefficient (Wildman–Crippen LogP) is 3.95. The molecule has 1 aromatic carbocycles. The van der Waals surface area contributed by atoms with E-state index in [4.69, 9.17) is 9.47 Å². The Bertz CT molecular complexity index is 554. The van der Waals surface area contributed by atoms with Crippen molar-refractivity contribution >= 4 is 41.7 Å². The molecule has 0 aliphatic rings. The molecule has 26 heavy (non-hydrogen) atoms. The van der Waals surface area contributed by atoms with Gasteiger partial charge in [0.05, 0.1) is 20.8 Å². The van der Waals surface area contributed by atoms with E-state index in [1.165, 1.54) is 5.56 Å². The minimum Gasteiger partial charge on any atom is -0.493 e. The van der Waals surface area contributed by atoms with E-state index in [0.29, 0.717) is 0 Å². The Kier molecular flexibility index (Phi) is 12.9. The van der Waals surface area contributed by atoms with E-state index >= 15 is 0 Å². The highest BCUT2D eigenvalue weighted by Crippen LogP contribution is 2.27. The van der Waals surface area contributed by atoms with Crippen LogP contribution in [0.3, 0.4) is 0 Å². The van der Waals surface area contributed by atoms with Gasteiger partial charge in [-0.15, -0.1) is 24.0 Å². The van der Waals surface area contributed by atoms with Gasteiger partial charge in [-0.3, -0.25) is 4.99 Å². The summed E-state index contributed by atoms with van der Waals surface area (Å²) in [5.41, 5.74) is 1.24. The second kappa shape index (κ2) is 13.4. The number of hydrogen-bond donors (Lipinski definition) is 2. The van der Waals surface area contributed by atoms with E-state index < -0.39 is 0 Å². The maximum atomic E-state index is 5.36. The summed E-state index contributed by atoms with van der Waals surface area (Å²) in [6.07, 6.45) is 4.12. The van der Waals surface area contributed by atoms with Gasteiger partial charge in [0.1, 0.15) is 0 Å². The second-order valence-corrected chi connectivity index (χ2v) is 7.89. The minimum atomic E-state index is 0. The second-order valence-electron chi connectivity index (χ2n) is 6.38. The molecule has 150 valence electrons. The summed E-state index contributed by atoms with van der Waals surface area (Å²) in [4.78, 5) is 4.69. The van der Waals surface area contributed by atoms with Crippen LogP contribution in [0.4, 0.5) is 0 Å². The van der Waals surface area contributed by atoms with Gasteiger partial charge in [-0.1, -0.05) is 6.07 Å².